The minimum absolute atomic E-state index is 0.264. The number of hydrogen-bond donors (Lipinski definition) is 0. The SMILES string of the molecule is CSC(N=Nc1ccc2c(c1)CCN2C)=N[C@H](C)C(C)C. The first kappa shape index (κ1) is 16.0. The topological polar surface area (TPSA) is 40.3 Å². The number of likely N-dealkylation sites (N-methyl/N-ethyl adjacent to an activating group) is 1. The van der Waals surface area contributed by atoms with Crippen molar-refractivity contribution in [1.29, 1.82) is 0 Å². The molecule has 21 heavy (non-hydrogen) atoms. The van der Waals surface area contributed by atoms with Crippen LogP contribution in [0.15, 0.2) is 33.4 Å². The predicted octanol–water partition coefficient (Wildman–Crippen LogP) is 4.53. The number of azo groups is 1. The van der Waals surface area contributed by atoms with Gasteiger partial charge < -0.3 is 4.90 Å². The molecule has 2 rings (SSSR count). The summed E-state index contributed by atoms with van der Waals surface area (Å²) >= 11 is 1.54. The molecule has 0 aliphatic carbocycles. The van der Waals surface area contributed by atoms with Crippen LogP contribution < -0.4 is 4.90 Å². The van der Waals surface area contributed by atoms with E-state index in [1.165, 1.54) is 11.3 Å². The molecule has 114 valence electrons. The van der Waals surface area contributed by atoms with Gasteiger partial charge in [0.1, 0.15) is 0 Å². The van der Waals surface area contributed by atoms with E-state index in [0.717, 1.165) is 23.8 Å². The zero-order chi connectivity index (χ0) is 15.4. The summed E-state index contributed by atoms with van der Waals surface area (Å²) in [4.78, 5) is 6.88. The highest BCUT2D eigenvalue weighted by molar-refractivity contribution is 8.13. The Bertz CT molecular complexity index is 551. The molecule has 0 saturated heterocycles. The molecule has 5 heteroatoms. The molecule has 0 saturated carbocycles. The van der Waals surface area contributed by atoms with Crippen LogP contribution in [-0.4, -0.2) is 31.1 Å². The summed E-state index contributed by atoms with van der Waals surface area (Å²) < 4.78 is 0. The molecule has 0 fully saturated rings. The van der Waals surface area contributed by atoms with Gasteiger partial charge in [-0.1, -0.05) is 25.6 Å². The Morgan fingerprint density at radius 1 is 1.29 bits per heavy atom. The number of amidine groups is 1. The minimum atomic E-state index is 0.264. The van der Waals surface area contributed by atoms with E-state index >= 15 is 0 Å². The van der Waals surface area contributed by atoms with Crippen molar-refractivity contribution in [3.8, 4) is 0 Å². The molecule has 0 spiro atoms. The summed E-state index contributed by atoms with van der Waals surface area (Å²) in [5.41, 5.74) is 3.57. The molecule has 1 aromatic rings. The van der Waals surface area contributed by atoms with E-state index in [4.69, 9.17) is 0 Å². The van der Waals surface area contributed by atoms with Crippen LogP contribution in [0.2, 0.25) is 0 Å². The molecule has 0 unspecified atom stereocenters. The number of aliphatic imine (C=N–C) groups is 1. The fourth-order valence-electron chi connectivity index (χ4n) is 2.16. The third kappa shape index (κ3) is 4.06. The molecule has 1 atom stereocenters. The van der Waals surface area contributed by atoms with Crippen molar-refractivity contribution in [2.24, 2.45) is 21.1 Å². The molecule has 1 aliphatic heterocycles. The van der Waals surface area contributed by atoms with Gasteiger partial charge in [0.15, 0.2) is 0 Å². The van der Waals surface area contributed by atoms with Crippen LogP contribution in [0, 0.1) is 5.92 Å². The lowest BCUT2D eigenvalue weighted by molar-refractivity contribution is 0.532. The second-order valence-electron chi connectivity index (χ2n) is 5.78. The van der Waals surface area contributed by atoms with Crippen LogP contribution in [0.1, 0.15) is 26.3 Å². The summed E-state index contributed by atoms with van der Waals surface area (Å²) in [6.07, 6.45) is 3.08. The van der Waals surface area contributed by atoms with Gasteiger partial charge in [0, 0.05) is 19.3 Å². The molecular weight excluding hydrogens is 280 g/mol. The molecule has 0 amide bonds. The monoisotopic (exact) mass is 304 g/mol. The second-order valence-corrected chi connectivity index (χ2v) is 6.56. The number of rotatable bonds is 3. The number of nitrogens with zero attached hydrogens (tertiary/aromatic N) is 4. The molecule has 0 radical (unpaired) electrons. The number of hydrogen-bond acceptors (Lipinski definition) is 4. The maximum atomic E-state index is 4.61. The van der Waals surface area contributed by atoms with Gasteiger partial charge in [-0.15, -0.1) is 10.2 Å². The lowest BCUT2D eigenvalue weighted by Crippen LogP contribution is -2.12. The van der Waals surface area contributed by atoms with Gasteiger partial charge in [-0.3, -0.25) is 4.99 Å². The minimum Gasteiger partial charge on any atom is -0.374 e. The van der Waals surface area contributed by atoms with Crippen molar-refractivity contribution in [3.63, 3.8) is 0 Å². The van der Waals surface area contributed by atoms with Gasteiger partial charge in [0.05, 0.1) is 11.7 Å². The molecule has 1 aliphatic rings. The van der Waals surface area contributed by atoms with Gasteiger partial charge >= 0.3 is 0 Å². The standard InChI is InChI=1S/C16H24N4S/c1-11(2)12(3)17-16(21-5)19-18-14-6-7-15-13(10-14)8-9-20(15)4/h6-7,10-12H,8-9H2,1-5H3/t12-/m1/s1. The number of thioether (sulfide) groups is 1. The largest absolute Gasteiger partial charge is 0.374 e. The molecule has 0 N–H and O–H groups in total. The quantitative estimate of drug-likeness (QED) is 0.468. The third-order valence-corrected chi connectivity index (χ3v) is 4.46. The normalized spacial score (nSPS) is 16.9. The highest BCUT2D eigenvalue weighted by atomic mass is 32.2. The summed E-state index contributed by atoms with van der Waals surface area (Å²) in [6, 6.07) is 6.55. The van der Waals surface area contributed by atoms with E-state index in [1.807, 2.05) is 12.3 Å². The molecule has 1 heterocycles. The Hall–Kier alpha value is -1.36. The third-order valence-electron chi connectivity index (χ3n) is 3.90. The molecule has 0 aromatic heterocycles. The lowest BCUT2D eigenvalue weighted by atomic mass is 10.1. The summed E-state index contributed by atoms with van der Waals surface area (Å²) in [6.45, 7) is 7.53. The van der Waals surface area contributed by atoms with Crippen LogP contribution in [0.5, 0.6) is 0 Å². The van der Waals surface area contributed by atoms with Gasteiger partial charge in [0.2, 0.25) is 5.17 Å². The van der Waals surface area contributed by atoms with E-state index < -0.39 is 0 Å². The zero-order valence-corrected chi connectivity index (χ0v) is 14.3. The first-order valence-corrected chi connectivity index (χ1v) is 8.61. The Balaban J connectivity index is 2.13. The van der Waals surface area contributed by atoms with Crippen molar-refractivity contribution < 1.29 is 0 Å². The lowest BCUT2D eigenvalue weighted by Gasteiger charge is -2.11. The first-order valence-electron chi connectivity index (χ1n) is 7.39. The number of benzene rings is 1. The van der Waals surface area contributed by atoms with Crippen LogP contribution in [0.3, 0.4) is 0 Å². The van der Waals surface area contributed by atoms with Crippen LogP contribution in [0.4, 0.5) is 11.4 Å². The Labute approximate surface area is 131 Å². The summed E-state index contributed by atoms with van der Waals surface area (Å²) in [5.74, 6) is 0.512. The molecule has 0 bridgehead atoms. The van der Waals surface area contributed by atoms with Gasteiger partial charge in [-0.05, 0) is 49.3 Å². The Morgan fingerprint density at radius 3 is 2.71 bits per heavy atom. The van der Waals surface area contributed by atoms with Crippen molar-refractivity contribution in [3.05, 3.63) is 23.8 Å². The van der Waals surface area contributed by atoms with E-state index in [2.05, 4.69) is 60.1 Å². The second kappa shape index (κ2) is 7.07. The Kier molecular flexibility index (Phi) is 5.39. The summed E-state index contributed by atoms with van der Waals surface area (Å²) in [7, 11) is 2.12. The van der Waals surface area contributed by atoms with Crippen molar-refractivity contribution in [2.75, 3.05) is 24.7 Å². The number of fused-ring (bicyclic) bond motifs is 1. The van der Waals surface area contributed by atoms with Crippen LogP contribution in [0.25, 0.3) is 0 Å². The number of anilines is 1. The molecule has 1 aromatic carbocycles. The fourth-order valence-corrected chi connectivity index (χ4v) is 2.55. The highest BCUT2D eigenvalue weighted by Gasteiger charge is 2.15. The van der Waals surface area contributed by atoms with Gasteiger partial charge in [-0.2, -0.15) is 0 Å². The van der Waals surface area contributed by atoms with Gasteiger partial charge in [0.25, 0.3) is 0 Å². The van der Waals surface area contributed by atoms with Crippen molar-refractivity contribution in [1.82, 2.24) is 0 Å². The highest BCUT2D eigenvalue weighted by Crippen LogP contribution is 2.30. The van der Waals surface area contributed by atoms with Gasteiger partial charge in [-0.25, -0.2) is 0 Å². The zero-order valence-electron chi connectivity index (χ0n) is 13.5. The first-order chi connectivity index (χ1) is 10.0. The maximum Gasteiger partial charge on any atom is 0.204 e. The van der Waals surface area contributed by atoms with Crippen molar-refractivity contribution in [2.45, 2.75) is 33.2 Å². The predicted molar refractivity (Wildman–Crippen MR) is 93.2 cm³/mol. The molecule has 4 nitrogen and oxygen atoms in total. The fraction of sp³-hybridized carbons (Fsp3) is 0.562. The molecular formula is C16H24N4S. The van der Waals surface area contributed by atoms with E-state index in [-0.39, 0.29) is 6.04 Å². The smallest absolute Gasteiger partial charge is 0.204 e. The van der Waals surface area contributed by atoms with Crippen LogP contribution in [-0.2, 0) is 6.42 Å². The Morgan fingerprint density at radius 2 is 2.05 bits per heavy atom. The van der Waals surface area contributed by atoms with E-state index in [0.29, 0.717) is 5.92 Å². The van der Waals surface area contributed by atoms with Crippen LogP contribution >= 0.6 is 11.8 Å². The average Bonchev–Trinajstić information content (AvgIpc) is 2.84. The van der Waals surface area contributed by atoms with Crippen molar-refractivity contribution >= 4 is 28.3 Å². The maximum absolute atomic E-state index is 4.61. The average molecular weight is 304 g/mol. The summed E-state index contributed by atoms with van der Waals surface area (Å²) in [5, 5.41) is 9.40. The van der Waals surface area contributed by atoms with E-state index in [1.54, 1.807) is 11.8 Å². The van der Waals surface area contributed by atoms with E-state index in [9.17, 15) is 0 Å².